The smallest absolute Gasteiger partial charge is 0.260 e. The minimum absolute atomic E-state index is 0.655. The molecule has 0 radical (unpaired) electrons. The first-order valence-electron chi connectivity index (χ1n) is 5.16. The number of hydrogen-bond acceptors (Lipinski definition) is 4. The van der Waals surface area contributed by atoms with Gasteiger partial charge in [-0.3, -0.25) is 0 Å². The Bertz CT molecular complexity index is 454. The third-order valence-corrected chi connectivity index (χ3v) is 3.23. The molecule has 0 saturated carbocycles. The molecule has 0 unspecified atom stereocenters. The van der Waals surface area contributed by atoms with Crippen molar-refractivity contribution < 1.29 is 4.42 Å². The van der Waals surface area contributed by atoms with E-state index in [1.807, 2.05) is 0 Å². The summed E-state index contributed by atoms with van der Waals surface area (Å²) in [5.41, 5.74) is 8.11. The van der Waals surface area contributed by atoms with E-state index in [9.17, 15) is 0 Å². The largest absolute Gasteiger partial charge is 0.440 e. The Hall–Kier alpha value is -1.26. The molecule has 1 aromatic heterocycles. The molecule has 1 heterocycles. The SMILES string of the molecule is Cc1ccc(Sc2ncco2)c(CCN)c1. The van der Waals surface area contributed by atoms with Crippen LogP contribution < -0.4 is 5.73 Å². The topological polar surface area (TPSA) is 52.0 Å². The maximum atomic E-state index is 5.60. The molecule has 16 heavy (non-hydrogen) atoms. The van der Waals surface area contributed by atoms with Crippen LogP contribution in [0.4, 0.5) is 0 Å². The van der Waals surface area contributed by atoms with Crippen LogP contribution in [0.3, 0.4) is 0 Å². The quantitative estimate of drug-likeness (QED) is 0.883. The van der Waals surface area contributed by atoms with E-state index >= 15 is 0 Å². The number of nitrogens with zero attached hydrogens (tertiary/aromatic N) is 1. The predicted octanol–water partition coefficient (Wildman–Crippen LogP) is 2.64. The van der Waals surface area contributed by atoms with Crippen molar-refractivity contribution in [3.05, 3.63) is 41.8 Å². The molecule has 0 aliphatic rings. The molecule has 3 nitrogen and oxygen atoms in total. The first-order chi connectivity index (χ1) is 7.79. The van der Waals surface area contributed by atoms with Crippen LogP contribution in [-0.4, -0.2) is 11.5 Å². The van der Waals surface area contributed by atoms with Crippen molar-refractivity contribution in [2.45, 2.75) is 23.5 Å². The van der Waals surface area contributed by atoms with Gasteiger partial charge >= 0.3 is 0 Å². The molecule has 0 bridgehead atoms. The van der Waals surface area contributed by atoms with E-state index in [1.54, 1.807) is 12.5 Å². The standard InChI is InChI=1S/C12H14N2OS/c1-9-2-3-11(10(8-9)4-5-13)16-12-14-6-7-15-12/h2-3,6-8H,4-5,13H2,1H3. The van der Waals surface area contributed by atoms with Crippen LogP contribution in [0.1, 0.15) is 11.1 Å². The van der Waals surface area contributed by atoms with Crippen molar-refractivity contribution in [1.82, 2.24) is 4.98 Å². The third kappa shape index (κ3) is 2.65. The van der Waals surface area contributed by atoms with Gasteiger partial charge in [0.15, 0.2) is 0 Å². The Morgan fingerprint density at radius 2 is 2.31 bits per heavy atom. The molecule has 0 spiro atoms. The Balaban J connectivity index is 2.25. The number of hydrogen-bond donors (Lipinski definition) is 1. The zero-order chi connectivity index (χ0) is 11.4. The normalized spacial score (nSPS) is 10.6. The fourth-order valence-electron chi connectivity index (χ4n) is 1.51. The van der Waals surface area contributed by atoms with E-state index in [2.05, 4.69) is 30.1 Å². The molecule has 0 atom stereocenters. The van der Waals surface area contributed by atoms with Crippen molar-refractivity contribution in [3.8, 4) is 0 Å². The summed E-state index contributed by atoms with van der Waals surface area (Å²) in [5.74, 6) is 0. The lowest BCUT2D eigenvalue weighted by Gasteiger charge is -2.07. The molecule has 0 aliphatic carbocycles. The van der Waals surface area contributed by atoms with E-state index in [0.29, 0.717) is 11.8 Å². The van der Waals surface area contributed by atoms with Crippen LogP contribution in [0.25, 0.3) is 0 Å². The molecule has 2 N–H and O–H groups in total. The Kier molecular flexibility index (Phi) is 3.64. The molecule has 2 aromatic rings. The Morgan fingerprint density at radius 1 is 1.44 bits per heavy atom. The molecule has 84 valence electrons. The summed E-state index contributed by atoms with van der Waals surface area (Å²) >= 11 is 1.54. The number of aromatic nitrogens is 1. The van der Waals surface area contributed by atoms with E-state index in [0.717, 1.165) is 6.42 Å². The number of aryl methyl sites for hydroxylation is 1. The molecule has 2 rings (SSSR count). The van der Waals surface area contributed by atoms with Gasteiger partial charge in [-0.2, -0.15) is 0 Å². The highest BCUT2D eigenvalue weighted by Gasteiger charge is 2.07. The van der Waals surface area contributed by atoms with Crippen molar-refractivity contribution in [2.75, 3.05) is 6.54 Å². The highest BCUT2D eigenvalue weighted by atomic mass is 32.2. The van der Waals surface area contributed by atoms with Crippen LogP contribution in [0.2, 0.25) is 0 Å². The maximum Gasteiger partial charge on any atom is 0.260 e. The summed E-state index contributed by atoms with van der Waals surface area (Å²) in [5, 5.41) is 0.669. The number of oxazole rings is 1. The lowest BCUT2D eigenvalue weighted by Crippen LogP contribution is -2.04. The monoisotopic (exact) mass is 234 g/mol. The number of nitrogens with two attached hydrogens (primary N) is 1. The average Bonchev–Trinajstić information content (AvgIpc) is 2.75. The van der Waals surface area contributed by atoms with Crippen LogP contribution >= 0.6 is 11.8 Å². The zero-order valence-electron chi connectivity index (χ0n) is 9.14. The van der Waals surface area contributed by atoms with Crippen molar-refractivity contribution >= 4 is 11.8 Å². The van der Waals surface area contributed by atoms with E-state index in [1.165, 1.54) is 27.8 Å². The summed E-state index contributed by atoms with van der Waals surface area (Å²) in [6.07, 6.45) is 4.11. The fourth-order valence-corrected chi connectivity index (χ4v) is 2.35. The molecule has 0 amide bonds. The van der Waals surface area contributed by atoms with Crippen LogP contribution in [-0.2, 0) is 6.42 Å². The highest BCUT2D eigenvalue weighted by Crippen LogP contribution is 2.29. The summed E-state index contributed by atoms with van der Waals surface area (Å²) < 4.78 is 5.22. The van der Waals surface area contributed by atoms with Gasteiger partial charge in [-0.15, -0.1) is 0 Å². The second kappa shape index (κ2) is 5.18. The van der Waals surface area contributed by atoms with Gasteiger partial charge in [-0.25, -0.2) is 4.98 Å². The van der Waals surface area contributed by atoms with E-state index in [-0.39, 0.29) is 0 Å². The fraction of sp³-hybridized carbons (Fsp3) is 0.250. The molecule has 0 saturated heterocycles. The van der Waals surface area contributed by atoms with Gasteiger partial charge in [0, 0.05) is 4.90 Å². The Labute approximate surface area is 99.1 Å². The van der Waals surface area contributed by atoms with Gasteiger partial charge in [0.1, 0.15) is 6.26 Å². The third-order valence-electron chi connectivity index (χ3n) is 2.24. The van der Waals surface area contributed by atoms with Crippen molar-refractivity contribution in [1.29, 1.82) is 0 Å². The van der Waals surface area contributed by atoms with Gasteiger partial charge in [0.05, 0.1) is 6.20 Å². The molecule has 0 aliphatic heterocycles. The van der Waals surface area contributed by atoms with E-state index in [4.69, 9.17) is 10.2 Å². The minimum Gasteiger partial charge on any atom is -0.440 e. The van der Waals surface area contributed by atoms with Crippen molar-refractivity contribution in [3.63, 3.8) is 0 Å². The Morgan fingerprint density at radius 3 is 3.00 bits per heavy atom. The second-order valence-electron chi connectivity index (χ2n) is 3.55. The number of benzene rings is 1. The maximum absolute atomic E-state index is 5.60. The summed E-state index contributed by atoms with van der Waals surface area (Å²) in [6, 6.07) is 6.35. The lowest BCUT2D eigenvalue weighted by atomic mass is 10.1. The van der Waals surface area contributed by atoms with Gasteiger partial charge in [-0.1, -0.05) is 17.7 Å². The summed E-state index contributed by atoms with van der Waals surface area (Å²) in [6.45, 7) is 2.74. The van der Waals surface area contributed by atoms with Gasteiger partial charge in [0.25, 0.3) is 5.22 Å². The lowest BCUT2D eigenvalue weighted by molar-refractivity contribution is 0.454. The van der Waals surface area contributed by atoms with Crippen LogP contribution in [0.15, 0.2) is 45.2 Å². The van der Waals surface area contributed by atoms with Gasteiger partial charge in [0.2, 0.25) is 0 Å². The summed E-state index contributed by atoms with van der Waals surface area (Å²) in [4.78, 5) is 5.27. The summed E-state index contributed by atoms with van der Waals surface area (Å²) in [7, 11) is 0. The van der Waals surface area contributed by atoms with Gasteiger partial charge < -0.3 is 10.2 Å². The van der Waals surface area contributed by atoms with Gasteiger partial charge in [-0.05, 0) is 43.3 Å². The van der Waals surface area contributed by atoms with Crippen LogP contribution in [0.5, 0.6) is 0 Å². The molecular formula is C12H14N2OS. The predicted molar refractivity (Wildman–Crippen MR) is 64.6 cm³/mol. The van der Waals surface area contributed by atoms with E-state index < -0.39 is 0 Å². The molecule has 4 heteroatoms. The first kappa shape index (κ1) is 11.2. The minimum atomic E-state index is 0.655. The highest BCUT2D eigenvalue weighted by molar-refractivity contribution is 7.99. The first-order valence-corrected chi connectivity index (χ1v) is 5.98. The van der Waals surface area contributed by atoms with Crippen molar-refractivity contribution in [2.24, 2.45) is 5.73 Å². The molecular weight excluding hydrogens is 220 g/mol. The average molecular weight is 234 g/mol. The zero-order valence-corrected chi connectivity index (χ0v) is 9.96. The number of rotatable bonds is 4. The van der Waals surface area contributed by atoms with Crippen LogP contribution in [0, 0.1) is 6.92 Å². The molecule has 1 aromatic carbocycles. The molecule has 0 fully saturated rings. The second-order valence-corrected chi connectivity index (χ2v) is 4.54.